The molecule has 0 fully saturated rings. The number of nitrogens with zero attached hydrogens (tertiary/aromatic N) is 2. The van der Waals surface area contributed by atoms with Gasteiger partial charge in [-0.2, -0.15) is 11.5 Å². The van der Waals surface area contributed by atoms with E-state index in [0.717, 1.165) is 69.6 Å². The number of hydrogen-bond donors (Lipinski definition) is 0. The van der Waals surface area contributed by atoms with Crippen LogP contribution < -0.4 is 0 Å². The first-order chi connectivity index (χ1) is 7.78. The molecule has 17 heavy (non-hydrogen) atoms. The zero-order valence-corrected chi connectivity index (χ0v) is 14.9. The van der Waals surface area contributed by atoms with Crippen LogP contribution in [0.25, 0.3) is 0 Å². The second-order valence-electron chi connectivity index (χ2n) is 3.28. The summed E-state index contributed by atoms with van der Waals surface area (Å²) in [5.41, 5.74) is 0. The Balaban J connectivity index is -0.000000616. The van der Waals surface area contributed by atoms with E-state index in [2.05, 4.69) is 23.6 Å². The van der Waals surface area contributed by atoms with Crippen molar-refractivity contribution in [2.75, 3.05) is 50.8 Å². The van der Waals surface area contributed by atoms with Crippen molar-refractivity contribution >= 4 is 37.7 Å². The molecule has 7 heteroatoms. The van der Waals surface area contributed by atoms with Gasteiger partial charge in [-0.25, -0.2) is 0 Å². The minimum absolute atomic E-state index is 0. The summed E-state index contributed by atoms with van der Waals surface area (Å²) < 4.78 is 8.22. The molecule has 0 N–H and O–H groups in total. The van der Waals surface area contributed by atoms with Gasteiger partial charge in [-0.15, -0.1) is 12.4 Å². The van der Waals surface area contributed by atoms with Gasteiger partial charge in [0.15, 0.2) is 0 Å². The summed E-state index contributed by atoms with van der Waals surface area (Å²) in [6, 6.07) is 0. The van der Waals surface area contributed by atoms with E-state index < -0.39 is 0 Å². The Labute approximate surface area is 134 Å². The predicted octanol–water partition coefficient (Wildman–Crippen LogP) is 1.02. The number of rotatable bonds is 9. The van der Waals surface area contributed by atoms with Gasteiger partial charge in [0.05, 0.1) is 0 Å². The van der Waals surface area contributed by atoms with E-state index in [9.17, 15) is 0 Å². The number of hydrogen-bond acceptors (Lipinski definition) is 5. The number of halogens is 1. The van der Waals surface area contributed by atoms with Crippen LogP contribution in [0.3, 0.4) is 0 Å². The SMILES string of the molecule is CCN(CC)CCN(CC[S-])CC[S-].Cl.[O]=[99Tc+2]. The molecule has 0 amide bonds. The molecule has 0 aromatic carbocycles. The molecule has 0 rings (SSSR count). The Hall–Kier alpha value is 1.36. The molecule has 0 spiro atoms. The topological polar surface area (TPSA) is 23.6 Å². The van der Waals surface area contributed by atoms with Gasteiger partial charge in [0.2, 0.25) is 0 Å². The maximum atomic E-state index is 8.22. The Morgan fingerprint density at radius 3 is 1.47 bits per heavy atom. The van der Waals surface area contributed by atoms with Gasteiger partial charge in [0, 0.05) is 13.1 Å². The van der Waals surface area contributed by atoms with E-state index in [0.29, 0.717) is 0 Å². The van der Waals surface area contributed by atoms with Crippen molar-refractivity contribution in [1.29, 1.82) is 0 Å². The van der Waals surface area contributed by atoms with Crippen LogP contribution in [0.4, 0.5) is 0 Å². The monoisotopic (exact) mass is 385 g/mol. The van der Waals surface area contributed by atoms with Crippen molar-refractivity contribution in [3.8, 4) is 0 Å². The van der Waals surface area contributed by atoms with Crippen molar-refractivity contribution < 1.29 is 22.4 Å². The first-order valence-electron chi connectivity index (χ1n) is 5.54. The molecule has 0 heterocycles. The van der Waals surface area contributed by atoms with Crippen molar-refractivity contribution in [3.05, 3.63) is 0 Å². The summed E-state index contributed by atoms with van der Waals surface area (Å²) in [4.78, 5) is 4.80. The molecule has 0 radical (unpaired) electrons. The van der Waals surface area contributed by atoms with Gasteiger partial charge in [0.1, 0.15) is 0 Å². The van der Waals surface area contributed by atoms with Gasteiger partial charge in [-0.3, -0.25) is 0 Å². The Bertz CT molecular complexity index is 139. The van der Waals surface area contributed by atoms with Crippen molar-refractivity contribution in [3.63, 3.8) is 0 Å². The van der Waals surface area contributed by atoms with Crippen molar-refractivity contribution in [2.45, 2.75) is 13.8 Å². The van der Waals surface area contributed by atoms with E-state index in [1.807, 2.05) is 0 Å². The quantitative estimate of drug-likeness (QED) is 0.552. The molecule has 0 saturated heterocycles. The Kier molecular flexibility index (Phi) is 27.2. The second kappa shape index (κ2) is 19.7. The molecule has 0 aliphatic rings. The molecule has 3 nitrogen and oxygen atoms in total. The molecule has 0 unspecified atom stereocenters. The van der Waals surface area contributed by atoms with Crippen LogP contribution in [0.2, 0.25) is 0 Å². The van der Waals surface area contributed by atoms with Crippen LogP contribution >= 0.6 is 12.4 Å². The van der Waals surface area contributed by atoms with Crippen LogP contribution in [-0.2, 0) is 47.6 Å². The first kappa shape index (κ1) is 23.5. The Morgan fingerprint density at radius 2 is 1.18 bits per heavy atom. The maximum absolute atomic E-state index is 8.22. The zero-order chi connectivity index (χ0) is 12.8. The fourth-order valence-corrected chi connectivity index (χ4v) is 1.93. The van der Waals surface area contributed by atoms with Crippen molar-refractivity contribution in [2.24, 2.45) is 0 Å². The molecular weight excluding hydrogens is 363 g/mol. The van der Waals surface area contributed by atoms with Crippen LogP contribution in [0.5, 0.6) is 0 Å². The first-order valence-corrected chi connectivity index (χ1v) is 7.46. The normalized spacial score (nSPS) is 9.71. The predicted molar refractivity (Wildman–Crippen MR) is 76.6 cm³/mol. The summed E-state index contributed by atoms with van der Waals surface area (Å²) in [5.74, 6) is 1.63. The van der Waals surface area contributed by atoms with Crippen LogP contribution in [0, 0.1) is 0 Å². The molecule has 0 aromatic heterocycles. The summed E-state index contributed by atoms with van der Waals surface area (Å²) >= 11 is 10.9. The summed E-state index contributed by atoms with van der Waals surface area (Å²) in [7, 11) is 0. The van der Waals surface area contributed by atoms with Gasteiger partial charge in [0.25, 0.3) is 0 Å². The number of likely N-dealkylation sites (N-methyl/N-ethyl adjacent to an activating group) is 1. The van der Waals surface area contributed by atoms with E-state index in [4.69, 9.17) is 28.8 Å². The fraction of sp³-hybridized carbons (Fsp3) is 1.00. The van der Waals surface area contributed by atoms with Gasteiger partial charge in [-0.05, 0) is 26.2 Å². The summed E-state index contributed by atoms with van der Waals surface area (Å²) in [6.07, 6.45) is 0. The average Bonchev–Trinajstić information content (AvgIpc) is 2.33. The van der Waals surface area contributed by atoms with Gasteiger partial charge < -0.3 is 35.1 Å². The molecule has 0 atom stereocenters. The summed E-state index contributed by atoms with van der Waals surface area (Å²) in [5, 5.41) is 0. The molecule has 0 saturated carbocycles. The van der Waals surface area contributed by atoms with Crippen LogP contribution in [-0.4, -0.2) is 60.6 Å². The van der Waals surface area contributed by atoms with Crippen LogP contribution in [0.15, 0.2) is 0 Å². The zero-order valence-electron chi connectivity index (χ0n) is 10.6. The minimum atomic E-state index is 0. The molecule has 0 aromatic rings. The van der Waals surface area contributed by atoms with E-state index in [1.54, 1.807) is 0 Å². The van der Waals surface area contributed by atoms with Gasteiger partial charge in [-0.1, -0.05) is 13.8 Å². The summed E-state index contributed by atoms with van der Waals surface area (Å²) in [6.45, 7) is 10.9. The van der Waals surface area contributed by atoms with Crippen molar-refractivity contribution in [1.82, 2.24) is 9.80 Å². The molecule has 0 aliphatic heterocycles. The standard InChI is InChI=1S/C10H24N2S2.ClH.O.Tc/c1-3-11(4-2)5-6-12(7-9-13)8-10-14;;;/h13-14H,3-10H2,1-2H3;1H;;/q;;;+2/p-2/i;;;1+1. The third-order valence-corrected chi connectivity index (χ3v) is 2.81. The van der Waals surface area contributed by atoms with Gasteiger partial charge >= 0.3 is 22.4 Å². The third-order valence-electron chi connectivity index (χ3n) is 2.44. The van der Waals surface area contributed by atoms with E-state index >= 15 is 0 Å². The fourth-order valence-electron chi connectivity index (χ4n) is 1.42. The molecule has 0 aliphatic carbocycles. The Morgan fingerprint density at radius 1 is 0.824 bits per heavy atom. The van der Waals surface area contributed by atoms with E-state index in [1.165, 1.54) is 0 Å². The van der Waals surface area contributed by atoms with Crippen LogP contribution in [0.1, 0.15) is 13.8 Å². The second-order valence-corrected chi connectivity index (χ2v) is 4.09. The van der Waals surface area contributed by atoms with E-state index in [-0.39, 0.29) is 12.4 Å². The molecule has 0 bridgehead atoms. The average molecular weight is 386 g/mol. The third kappa shape index (κ3) is 15.3. The molecule has 105 valence electrons. The molecular formula is C10H23ClN2OS2Tc.